The number of ether oxygens (including phenoxy) is 1. The van der Waals surface area contributed by atoms with E-state index in [4.69, 9.17) is 4.74 Å². The Morgan fingerprint density at radius 2 is 2.62 bits per heavy atom. The summed E-state index contributed by atoms with van der Waals surface area (Å²) in [6.45, 7) is 1.88. The number of pyridine rings is 1. The topological polar surface area (TPSA) is 34.1 Å². The lowest BCUT2D eigenvalue weighted by molar-refractivity contribution is 0.276. The van der Waals surface area contributed by atoms with Crippen LogP contribution in [0.2, 0.25) is 0 Å². The predicted octanol–water partition coefficient (Wildman–Crippen LogP) is 1.21. The van der Waals surface area contributed by atoms with Crippen molar-refractivity contribution in [2.75, 3.05) is 13.2 Å². The van der Waals surface area contributed by atoms with Crippen LogP contribution >= 0.6 is 0 Å². The van der Waals surface area contributed by atoms with Gasteiger partial charge < -0.3 is 10.1 Å². The Bertz CT molecular complexity index is 244. The second-order valence-electron chi connectivity index (χ2n) is 3.29. The molecular weight excluding hydrogens is 164 g/mol. The fraction of sp³-hybridized carbons (Fsp3) is 0.500. The molecule has 3 heteroatoms. The fourth-order valence-corrected chi connectivity index (χ4v) is 1.53. The van der Waals surface area contributed by atoms with Gasteiger partial charge in [0, 0.05) is 12.2 Å². The van der Waals surface area contributed by atoms with Gasteiger partial charge in [-0.15, -0.1) is 0 Å². The summed E-state index contributed by atoms with van der Waals surface area (Å²) in [7, 11) is 0. The Labute approximate surface area is 78.1 Å². The van der Waals surface area contributed by atoms with Crippen LogP contribution in [0.1, 0.15) is 12.8 Å². The van der Waals surface area contributed by atoms with Crippen LogP contribution < -0.4 is 10.1 Å². The number of nitrogens with zero attached hydrogens (tertiary/aromatic N) is 1. The van der Waals surface area contributed by atoms with Crippen molar-refractivity contribution < 1.29 is 4.74 Å². The third kappa shape index (κ3) is 2.42. The Morgan fingerprint density at radius 3 is 3.31 bits per heavy atom. The molecule has 0 unspecified atom stereocenters. The highest BCUT2D eigenvalue weighted by Crippen LogP contribution is 2.10. The maximum absolute atomic E-state index is 5.56. The van der Waals surface area contributed by atoms with E-state index in [0.717, 1.165) is 18.9 Å². The predicted molar refractivity (Wildman–Crippen MR) is 50.8 cm³/mol. The van der Waals surface area contributed by atoms with Gasteiger partial charge in [0.05, 0.1) is 6.20 Å². The molecule has 0 amide bonds. The van der Waals surface area contributed by atoms with Gasteiger partial charge in [-0.3, -0.25) is 4.98 Å². The minimum Gasteiger partial charge on any atom is -0.490 e. The number of hydrogen-bond donors (Lipinski definition) is 1. The van der Waals surface area contributed by atoms with Crippen LogP contribution in [-0.2, 0) is 0 Å². The Balaban J connectivity index is 1.79. The van der Waals surface area contributed by atoms with Crippen LogP contribution in [0, 0.1) is 0 Å². The summed E-state index contributed by atoms with van der Waals surface area (Å²) in [5, 5.41) is 3.38. The molecule has 3 nitrogen and oxygen atoms in total. The number of aromatic nitrogens is 1. The van der Waals surface area contributed by atoms with Gasteiger partial charge in [0.25, 0.3) is 0 Å². The molecule has 0 aromatic carbocycles. The van der Waals surface area contributed by atoms with Crippen molar-refractivity contribution in [1.29, 1.82) is 0 Å². The molecule has 1 fully saturated rings. The van der Waals surface area contributed by atoms with Gasteiger partial charge in [0.2, 0.25) is 0 Å². The zero-order valence-electron chi connectivity index (χ0n) is 7.57. The summed E-state index contributed by atoms with van der Waals surface area (Å²) in [6.07, 6.45) is 5.98. The molecule has 13 heavy (non-hydrogen) atoms. The zero-order chi connectivity index (χ0) is 8.93. The molecule has 1 saturated heterocycles. The average Bonchev–Trinajstić information content (AvgIpc) is 2.69. The van der Waals surface area contributed by atoms with Crippen LogP contribution in [0.25, 0.3) is 0 Å². The lowest BCUT2D eigenvalue weighted by Gasteiger charge is -2.11. The van der Waals surface area contributed by atoms with Gasteiger partial charge in [-0.1, -0.05) is 0 Å². The Kier molecular flexibility index (Phi) is 2.77. The summed E-state index contributed by atoms with van der Waals surface area (Å²) in [6, 6.07) is 4.35. The molecule has 0 spiro atoms. The van der Waals surface area contributed by atoms with Gasteiger partial charge in [-0.05, 0) is 31.5 Å². The first-order valence-corrected chi connectivity index (χ1v) is 4.71. The van der Waals surface area contributed by atoms with Crippen molar-refractivity contribution in [3.63, 3.8) is 0 Å². The molecule has 2 rings (SSSR count). The number of nitrogens with one attached hydrogen (secondary N) is 1. The van der Waals surface area contributed by atoms with E-state index >= 15 is 0 Å². The van der Waals surface area contributed by atoms with Crippen molar-refractivity contribution in [1.82, 2.24) is 10.3 Å². The maximum Gasteiger partial charge on any atom is 0.137 e. The van der Waals surface area contributed by atoms with E-state index in [1.165, 1.54) is 12.8 Å². The molecule has 1 aliphatic rings. The molecule has 70 valence electrons. The van der Waals surface area contributed by atoms with Gasteiger partial charge in [-0.2, -0.15) is 0 Å². The minimum absolute atomic E-state index is 0.528. The van der Waals surface area contributed by atoms with E-state index < -0.39 is 0 Å². The normalized spacial score (nSPS) is 21.7. The fourth-order valence-electron chi connectivity index (χ4n) is 1.53. The quantitative estimate of drug-likeness (QED) is 0.755. The molecule has 0 bridgehead atoms. The third-order valence-corrected chi connectivity index (χ3v) is 2.25. The van der Waals surface area contributed by atoms with Crippen molar-refractivity contribution in [3.05, 3.63) is 24.5 Å². The van der Waals surface area contributed by atoms with Crippen LogP contribution in [-0.4, -0.2) is 24.2 Å². The zero-order valence-corrected chi connectivity index (χ0v) is 7.57. The molecule has 2 heterocycles. The van der Waals surface area contributed by atoms with Crippen molar-refractivity contribution in [3.8, 4) is 5.75 Å². The first-order valence-electron chi connectivity index (χ1n) is 4.71. The summed E-state index contributed by atoms with van der Waals surface area (Å²) >= 11 is 0. The summed E-state index contributed by atoms with van der Waals surface area (Å²) in [5.41, 5.74) is 0. The van der Waals surface area contributed by atoms with E-state index in [1.54, 1.807) is 12.4 Å². The Hall–Kier alpha value is -1.09. The highest BCUT2D eigenvalue weighted by Gasteiger charge is 2.13. The van der Waals surface area contributed by atoms with Crippen LogP contribution in [0.15, 0.2) is 24.5 Å². The lowest BCUT2D eigenvalue weighted by Crippen LogP contribution is -2.28. The van der Waals surface area contributed by atoms with Crippen LogP contribution in [0.3, 0.4) is 0 Å². The van der Waals surface area contributed by atoms with Crippen molar-refractivity contribution in [2.24, 2.45) is 0 Å². The average molecular weight is 178 g/mol. The molecule has 1 atom stereocenters. The molecule has 1 N–H and O–H groups in total. The van der Waals surface area contributed by atoms with E-state index in [9.17, 15) is 0 Å². The number of hydrogen-bond acceptors (Lipinski definition) is 3. The monoisotopic (exact) mass is 178 g/mol. The van der Waals surface area contributed by atoms with E-state index in [-0.39, 0.29) is 0 Å². The van der Waals surface area contributed by atoms with Crippen LogP contribution in [0.5, 0.6) is 5.75 Å². The largest absolute Gasteiger partial charge is 0.490 e. The minimum atomic E-state index is 0.528. The highest BCUT2D eigenvalue weighted by molar-refractivity contribution is 5.15. The van der Waals surface area contributed by atoms with Gasteiger partial charge in [0.1, 0.15) is 12.4 Å². The second kappa shape index (κ2) is 4.23. The van der Waals surface area contributed by atoms with Crippen molar-refractivity contribution in [2.45, 2.75) is 18.9 Å². The second-order valence-corrected chi connectivity index (χ2v) is 3.29. The standard InChI is InChI=1S/C10H14N2O/c1-3-9(12-6-1)8-13-10-4-2-5-11-7-10/h2,4-5,7,9,12H,1,3,6,8H2/t9-/m1/s1. The smallest absolute Gasteiger partial charge is 0.137 e. The lowest BCUT2D eigenvalue weighted by atomic mass is 10.2. The van der Waals surface area contributed by atoms with Crippen LogP contribution in [0.4, 0.5) is 0 Å². The molecule has 0 radical (unpaired) electrons. The van der Waals surface area contributed by atoms with E-state index in [2.05, 4.69) is 10.3 Å². The summed E-state index contributed by atoms with van der Waals surface area (Å²) < 4.78 is 5.56. The van der Waals surface area contributed by atoms with Gasteiger partial charge in [0.15, 0.2) is 0 Å². The first kappa shape index (κ1) is 8.51. The van der Waals surface area contributed by atoms with Gasteiger partial charge in [-0.25, -0.2) is 0 Å². The summed E-state index contributed by atoms with van der Waals surface area (Å²) in [5.74, 6) is 0.858. The summed E-state index contributed by atoms with van der Waals surface area (Å²) in [4.78, 5) is 3.98. The molecule has 1 aromatic rings. The van der Waals surface area contributed by atoms with Gasteiger partial charge >= 0.3 is 0 Å². The third-order valence-electron chi connectivity index (χ3n) is 2.25. The first-order chi connectivity index (χ1) is 6.45. The van der Waals surface area contributed by atoms with Crippen molar-refractivity contribution >= 4 is 0 Å². The molecule has 0 aliphatic carbocycles. The Morgan fingerprint density at radius 1 is 1.62 bits per heavy atom. The van der Waals surface area contributed by atoms with E-state index in [1.807, 2.05) is 12.1 Å². The molecule has 1 aliphatic heterocycles. The number of rotatable bonds is 3. The maximum atomic E-state index is 5.56. The SMILES string of the molecule is c1cncc(OC[C@H]2CCCN2)c1. The molecular formula is C10H14N2O. The molecule has 1 aromatic heterocycles. The van der Waals surface area contributed by atoms with E-state index in [0.29, 0.717) is 6.04 Å². The molecule has 0 saturated carbocycles. The highest BCUT2D eigenvalue weighted by atomic mass is 16.5.